The van der Waals surface area contributed by atoms with E-state index in [4.69, 9.17) is 0 Å². The number of rotatable bonds is 7. The number of thiophene rings is 1. The van der Waals surface area contributed by atoms with Crippen molar-refractivity contribution in [2.45, 2.75) is 45.6 Å². The summed E-state index contributed by atoms with van der Waals surface area (Å²) in [5.74, 6) is -0.0391. The van der Waals surface area contributed by atoms with Crippen molar-refractivity contribution in [1.82, 2.24) is 10.6 Å². The van der Waals surface area contributed by atoms with Crippen molar-refractivity contribution in [3.8, 4) is 10.4 Å². The molecule has 5 heteroatoms. The van der Waals surface area contributed by atoms with Gasteiger partial charge in [0.05, 0.1) is 4.88 Å². The van der Waals surface area contributed by atoms with E-state index in [0.717, 1.165) is 41.7 Å². The van der Waals surface area contributed by atoms with Crippen LogP contribution in [0.5, 0.6) is 0 Å². The minimum Gasteiger partial charge on any atom is -0.351 e. The Labute approximate surface area is 152 Å². The number of hydrogen-bond donors (Lipinski definition) is 2. The van der Waals surface area contributed by atoms with Crippen LogP contribution in [0, 0.1) is 6.92 Å². The topological polar surface area (TPSA) is 58.2 Å². The molecular formula is C20H24N2O2S. The Balaban J connectivity index is 1.76. The molecule has 3 rings (SSSR count). The fraction of sp³-hybridized carbons (Fsp3) is 0.400. The van der Waals surface area contributed by atoms with Crippen molar-refractivity contribution >= 4 is 23.2 Å². The van der Waals surface area contributed by atoms with Gasteiger partial charge in [-0.1, -0.05) is 19.4 Å². The molecule has 0 bridgehead atoms. The van der Waals surface area contributed by atoms with Crippen molar-refractivity contribution in [2.75, 3.05) is 6.54 Å². The van der Waals surface area contributed by atoms with Gasteiger partial charge in [-0.3, -0.25) is 9.59 Å². The van der Waals surface area contributed by atoms with Gasteiger partial charge in [0.15, 0.2) is 0 Å². The van der Waals surface area contributed by atoms with Gasteiger partial charge in [0.1, 0.15) is 0 Å². The number of benzene rings is 1. The number of amides is 2. The van der Waals surface area contributed by atoms with Crippen LogP contribution < -0.4 is 10.6 Å². The predicted molar refractivity (Wildman–Crippen MR) is 102 cm³/mol. The maximum absolute atomic E-state index is 12.3. The van der Waals surface area contributed by atoms with E-state index in [9.17, 15) is 9.59 Å². The molecule has 1 aliphatic carbocycles. The lowest BCUT2D eigenvalue weighted by atomic mass is 10.0. The molecule has 1 heterocycles. The maximum atomic E-state index is 12.3. The lowest BCUT2D eigenvalue weighted by Crippen LogP contribution is -2.25. The summed E-state index contributed by atoms with van der Waals surface area (Å²) in [4.78, 5) is 26.2. The van der Waals surface area contributed by atoms with Crippen molar-refractivity contribution < 1.29 is 9.59 Å². The Hall–Kier alpha value is -2.14. The first kappa shape index (κ1) is 17.7. The Morgan fingerprint density at radius 2 is 1.96 bits per heavy atom. The highest BCUT2D eigenvalue weighted by molar-refractivity contribution is 7.17. The van der Waals surface area contributed by atoms with E-state index >= 15 is 0 Å². The molecule has 4 nitrogen and oxygen atoms in total. The van der Waals surface area contributed by atoms with Gasteiger partial charge in [-0.15, -0.1) is 11.3 Å². The van der Waals surface area contributed by atoms with Crippen LogP contribution >= 0.6 is 11.3 Å². The second kappa shape index (κ2) is 7.83. The minimum atomic E-state index is -0.0232. The molecule has 1 aromatic heterocycles. The summed E-state index contributed by atoms with van der Waals surface area (Å²) < 4.78 is 0. The van der Waals surface area contributed by atoms with Crippen LogP contribution in [0.4, 0.5) is 0 Å². The molecule has 132 valence electrons. The zero-order valence-corrected chi connectivity index (χ0v) is 15.5. The highest BCUT2D eigenvalue weighted by Gasteiger charge is 2.24. The van der Waals surface area contributed by atoms with Crippen LogP contribution in [-0.4, -0.2) is 24.4 Å². The molecule has 2 N–H and O–H groups in total. The Kier molecular flexibility index (Phi) is 5.53. The van der Waals surface area contributed by atoms with Crippen LogP contribution in [-0.2, 0) is 0 Å². The number of carbonyl (C=O) groups excluding carboxylic acids is 2. The van der Waals surface area contributed by atoms with Crippen LogP contribution in [0.25, 0.3) is 10.4 Å². The minimum absolute atomic E-state index is 0.0159. The van der Waals surface area contributed by atoms with Crippen molar-refractivity contribution in [3.63, 3.8) is 0 Å². The van der Waals surface area contributed by atoms with E-state index in [1.54, 1.807) is 0 Å². The molecule has 0 unspecified atom stereocenters. The maximum Gasteiger partial charge on any atom is 0.261 e. The van der Waals surface area contributed by atoms with Crippen LogP contribution in [0.15, 0.2) is 30.3 Å². The zero-order chi connectivity index (χ0) is 17.8. The second-order valence-corrected chi connectivity index (χ2v) is 7.63. The molecule has 0 saturated heterocycles. The van der Waals surface area contributed by atoms with Gasteiger partial charge in [0.25, 0.3) is 11.8 Å². The molecule has 25 heavy (non-hydrogen) atoms. The van der Waals surface area contributed by atoms with E-state index in [2.05, 4.69) is 17.6 Å². The molecular weight excluding hydrogens is 332 g/mol. The SMILES string of the molecule is CCCCNC(=O)c1ccc(-c2cc(C(=O)NC3CC3)ccc2C)s1. The predicted octanol–water partition coefficient (Wildman–Crippen LogP) is 4.15. The molecule has 1 aromatic carbocycles. The van der Waals surface area contributed by atoms with E-state index in [0.29, 0.717) is 23.0 Å². The van der Waals surface area contributed by atoms with Gasteiger partial charge < -0.3 is 10.6 Å². The average Bonchev–Trinajstić information content (AvgIpc) is 3.27. The summed E-state index contributed by atoms with van der Waals surface area (Å²) in [7, 11) is 0. The van der Waals surface area contributed by atoms with E-state index in [1.807, 2.05) is 37.3 Å². The monoisotopic (exact) mass is 356 g/mol. The molecule has 0 atom stereocenters. The highest BCUT2D eigenvalue weighted by Crippen LogP contribution is 2.31. The lowest BCUT2D eigenvalue weighted by Gasteiger charge is -2.08. The van der Waals surface area contributed by atoms with E-state index in [1.165, 1.54) is 11.3 Å². The van der Waals surface area contributed by atoms with Gasteiger partial charge in [0, 0.05) is 23.0 Å². The summed E-state index contributed by atoms with van der Waals surface area (Å²) in [6.07, 6.45) is 4.20. The quantitative estimate of drug-likeness (QED) is 0.732. The summed E-state index contributed by atoms with van der Waals surface area (Å²) in [5, 5.41) is 5.97. The number of carbonyl (C=O) groups is 2. The van der Waals surface area contributed by atoms with Gasteiger partial charge in [-0.05, 0) is 61.6 Å². The fourth-order valence-corrected chi connectivity index (χ4v) is 3.60. The summed E-state index contributed by atoms with van der Waals surface area (Å²) in [6, 6.07) is 9.93. The van der Waals surface area contributed by atoms with Crippen LogP contribution in [0.3, 0.4) is 0 Å². The number of unbranched alkanes of at least 4 members (excludes halogenated alkanes) is 1. The summed E-state index contributed by atoms with van der Waals surface area (Å²) >= 11 is 1.47. The third-order valence-electron chi connectivity index (χ3n) is 4.32. The largest absolute Gasteiger partial charge is 0.351 e. The van der Waals surface area contributed by atoms with Gasteiger partial charge in [-0.2, -0.15) is 0 Å². The lowest BCUT2D eigenvalue weighted by molar-refractivity contribution is 0.0945. The van der Waals surface area contributed by atoms with Crippen molar-refractivity contribution in [2.24, 2.45) is 0 Å². The molecule has 1 saturated carbocycles. The van der Waals surface area contributed by atoms with E-state index < -0.39 is 0 Å². The highest BCUT2D eigenvalue weighted by atomic mass is 32.1. The molecule has 0 aliphatic heterocycles. The van der Waals surface area contributed by atoms with E-state index in [-0.39, 0.29) is 11.8 Å². The molecule has 2 aromatic rings. The number of hydrogen-bond acceptors (Lipinski definition) is 3. The molecule has 1 fully saturated rings. The molecule has 0 spiro atoms. The number of nitrogens with one attached hydrogen (secondary N) is 2. The first-order chi connectivity index (χ1) is 12.1. The smallest absolute Gasteiger partial charge is 0.261 e. The Morgan fingerprint density at radius 1 is 1.16 bits per heavy atom. The third kappa shape index (κ3) is 4.48. The van der Waals surface area contributed by atoms with Crippen LogP contribution in [0.2, 0.25) is 0 Å². The Bertz CT molecular complexity index is 778. The van der Waals surface area contributed by atoms with Crippen LogP contribution in [0.1, 0.15) is 58.2 Å². The van der Waals surface area contributed by atoms with Gasteiger partial charge in [-0.25, -0.2) is 0 Å². The molecule has 0 radical (unpaired) electrons. The first-order valence-electron chi connectivity index (χ1n) is 8.88. The normalized spacial score (nSPS) is 13.5. The van der Waals surface area contributed by atoms with Crippen molar-refractivity contribution in [1.29, 1.82) is 0 Å². The molecule has 1 aliphatic rings. The standard InChI is InChI=1S/C20H24N2O2S/c1-3-4-11-21-20(24)18-10-9-17(25-18)16-12-14(6-5-13(16)2)19(23)22-15-7-8-15/h5-6,9-10,12,15H,3-4,7-8,11H2,1-2H3,(H,21,24)(H,22,23). The molecule has 2 amide bonds. The second-order valence-electron chi connectivity index (χ2n) is 6.55. The summed E-state index contributed by atoms with van der Waals surface area (Å²) in [6.45, 7) is 4.83. The van der Waals surface area contributed by atoms with Gasteiger partial charge in [0.2, 0.25) is 0 Å². The van der Waals surface area contributed by atoms with Gasteiger partial charge >= 0.3 is 0 Å². The fourth-order valence-electron chi connectivity index (χ4n) is 2.60. The summed E-state index contributed by atoms with van der Waals surface area (Å²) in [5.41, 5.74) is 2.79. The zero-order valence-electron chi connectivity index (χ0n) is 14.7. The Morgan fingerprint density at radius 3 is 2.68 bits per heavy atom. The first-order valence-corrected chi connectivity index (χ1v) is 9.70. The third-order valence-corrected chi connectivity index (χ3v) is 5.44. The van der Waals surface area contributed by atoms with Crippen molar-refractivity contribution in [3.05, 3.63) is 46.3 Å². The number of aryl methyl sites for hydroxylation is 1. The average molecular weight is 356 g/mol.